The Bertz CT molecular complexity index is 765. The van der Waals surface area contributed by atoms with Crippen molar-refractivity contribution in [2.24, 2.45) is 0 Å². The van der Waals surface area contributed by atoms with Gasteiger partial charge in [0.05, 0.1) is 4.90 Å². The standard InChI is InChI=1S/C17H19BrN2O2S/c18-16-8-4-5-9-17(16)23(21,22)19-15-10-11-20(13-15)12-14-6-2-1-3-7-14/h1-9,15,19H,10-13H2. The van der Waals surface area contributed by atoms with E-state index >= 15 is 0 Å². The van der Waals surface area contributed by atoms with E-state index in [1.165, 1.54) is 5.56 Å². The van der Waals surface area contributed by atoms with E-state index in [0.717, 1.165) is 26.1 Å². The van der Waals surface area contributed by atoms with Gasteiger partial charge in [0.2, 0.25) is 10.0 Å². The Kier molecular flexibility index (Phi) is 5.16. The first-order valence-corrected chi connectivity index (χ1v) is 9.85. The van der Waals surface area contributed by atoms with E-state index < -0.39 is 10.0 Å². The van der Waals surface area contributed by atoms with Crippen molar-refractivity contribution in [3.63, 3.8) is 0 Å². The predicted octanol–water partition coefficient (Wildman–Crippen LogP) is 3.00. The fraction of sp³-hybridized carbons (Fsp3) is 0.294. The van der Waals surface area contributed by atoms with Crippen molar-refractivity contribution in [2.75, 3.05) is 13.1 Å². The summed E-state index contributed by atoms with van der Waals surface area (Å²) in [6, 6.07) is 17.1. The SMILES string of the molecule is O=S(=O)(NC1CCN(Cc2ccccc2)C1)c1ccccc1Br. The molecule has 0 bridgehead atoms. The van der Waals surface area contributed by atoms with E-state index in [9.17, 15) is 8.42 Å². The zero-order chi connectivity index (χ0) is 16.3. The molecule has 6 heteroatoms. The van der Waals surface area contributed by atoms with Crippen LogP contribution in [0.25, 0.3) is 0 Å². The Morgan fingerprint density at radius 2 is 1.78 bits per heavy atom. The van der Waals surface area contributed by atoms with E-state index in [-0.39, 0.29) is 6.04 Å². The van der Waals surface area contributed by atoms with Crippen LogP contribution in [0.3, 0.4) is 0 Å². The summed E-state index contributed by atoms with van der Waals surface area (Å²) in [4.78, 5) is 2.57. The van der Waals surface area contributed by atoms with E-state index in [2.05, 4.69) is 37.7 Å². The van der Waals surface area contributed by atoms with Crippen LogP contribution in [-0.2, 0) is 16.6 Å². The number of hydrogen-bond acceptors (Lipinski definition) is 3. The third kappa shape index (κ3) is 4.20. The molecule has 0 radical (unpaired) electrons. The molecule has 3 rings (SSSR count). The van der Waals surface area contributed by atoms with Crippen molar-refractivity contribution in [2.45, 2.75) is 23.9 Å². The van der Waals surface area contributed by atoms with Gasteiger partial charge >= 0.3 is 0 Å². The molecule has 1 N–H and O–H groups in total. The second-order valence-corrected chi connectivity index (χ2v) is 8.29. The fourth-order valence-corrected chi connectivity index (χ4v) is 5.12. The summed E-state index contributed by atoms with van der Waals surface area (Å²) in [6.07, 6.45) is 0.830. The second kappa shape index (κ2) is 7.13. The smallest absolute Gasteiger partial charge is 0.241 e. The van der Waals surface area contributed by atoms with E-state index in [4.69, 9.17) is 0 Å². The number of nitrogens with one attached hydrogen (secondary N) is 1. The Balaban J connectivity index is 1.63. The van der Waals surface area contributed by atoms with Crippen molar-refractivity contribution in [3.05, 3.63) is 64.6 Å². The lowest BCUT2D eigenvalue weighted by Crippen LogP contribution is -2.37. The number of halogens is 1. The largest absolute Gasteiger partial charge is 0.297 e. The number of sulfonamides is 1. The lowest BCUT2D eigenvalue weighted by Gasteiger charge is -2.17. The first-order valence-electron chi connectivity index (χ1n) is 7.58. The van der Waals surface area contributed by atoms with E-state index in [0.29, 0.717) is 9.37 Å². The third-order valence-electron chi connectivity index (χ3n) is 3.97. The zero-order valence-electron chi connectivity index (χ0n) is 12.7. The molecule has 1 aliphatic rings. The predicted molar refractivity (Wildman–Crippen MR) is 94.6 cm³/mol. The molecule has 0 saturated carbocycles. The van der Waals surface area contributed by atoms with Gasteiger partial charge in [-0.15, -0.1) is 0 Å². The van der Waals surface area contributed by atoms with Gasteiger partial charge in [-0.05, 0) is 40.0 Å². The van der Waals surface area contributed by atoms with Crippen molar-refractivity contribution >= 4 is 26.0 Å². The fourth-order valence-electron chi connectivity index (χ4n) is 2.86. The van der Waals surface area contributed by atoms with Crippen LogP contribution in [0.15, 0.2) is 64.0 Å². The number of nitrogens with zero attached hydrogens (tertiary/aromatic N) is 1. The highest BCUT2D eigenvalue weighted by Gasteiger charge is 2.28. The maximum atomic E-state index is 12.5. The summed E-state index contributed by atoms with van der Waals surface area (Å²) in [5.74, 6) is 0. The van der Waals surface area contributed by atoms with Crippen LogP contribution in [0.2, 0.25) is 0 Å². The van der Waals surface area contributed by atoms with E-state index in [1.54, 1.807) is 24.3 Å². The minimum Gasteiger partial charge on any atom is -0.297 e. The molecule has 0 aliphatic carbocycles. The van der Waals surface area contributed by atoms with Gasteiger partial charge in [0.15, 0.2) is 0 Å². The van der Waals surface area contributed by atoms with Crippen molar-refractivity contribution in [3.8, 4) is 0 Å². The summed E-state index contributed by atoms with van der Waals surface area (Å²) in [7, 11) is -3.49. The molecule has 1 fully saturated rings. The molecular formula is C17H19BrN2O2S. The Hall–Kier alpha value is -1.21. The highest BCUT2D eigenvalue weighted by Crippen LogP contribution is 2.22. The molecule has 0 spiro atoms. The van der Waals surface area contributed by atoms with Crippen molar-refractivity contribution in [1.29, 1.82) is 0 Å². The molecule has 4 nitrogen and oxygen atoms in total. The number of likely N-dealkylation sites (tertiary alicyclic amines) is 1. The molecule has 1 saturated heterocycles. The molecule has 2 aromatic rings. The van der Waals surface area contributed by atoms with Crippen LogP contribution in [0.4, 0.5) is 0 Å². The lowest BCUT2D eigenvalue weighted by molar-refractivity contribution is 0.324. The normalized spacial score (nSPS) is 19.1. The minimum atomic E-state index is -3.49. The highest BCUT2D eigenvalue weighted by molar-refractivity contribution is 9.10. The van der Waals surface area contributed by atoms with Gasteiger partial charge in [-0.2, -0.15) is 0 Å². The van der Waals surface area contributed by atoms with Gasteiger partial charge in [-0.25, -0.2) is 13.1 Å². The van der Waals surface area contributed by atoms with Crippen LogP contribution in [0.1, 0.15) is 12.0 Å². The summed E-state index contributed by atoms with van der Waals surface area (Å²) < 4.78 is 28.4. The Labute approximate surface area is 145 Å². The monoisotopic (exact) mass is 394 g/mol. The average molecular weight is 395 g/mol. The molecule has 1 aliphatic heterocycles. The summed E-state index contributed by atoms with van der Waals surface area (Å²) in [5, 5.41) is 0. The average Bonchev–Trinajstić information content (AvgIpc) is 2.95. The lowest BCUT2D eigenvalue weighted by atomic mass is 10.2. The Morgan fingerprint density at radius 1 is 1.09 bits per heavy atom. The van der Waals surface area contributed by atoms with Crippen molar-refractivity contribution in [1.82, 2.24) is 9.62 Å². The van der Waals surface area contributed by atoms with Gasteiger partial charge in [0.1, 0.15) is 0 Å². The number of rotatable bonds is 5. The molecule has 1 unspecified atom stereocenters. The molecule has 0 aromatic heterocycles. The molecular weight excluding hydrogens is 376 g/mol. The van der Waals surface area contributed by atoms with Crippen LogP contribution >= 0.6 is 15.9 Å². The summed E-state index contributed by atoms with van der Waals surface area (Å²) >= 11 is 3.31. The first-order chi connectivity index (χ1) is 11.0. The second-order valence-electron chi connectivity index (χ2n) is 5.76. The molecule has 2 aromatic carbocycles. The van der Waals surface area contributed by atoms with Crippen molar-refractivity contribution < 1.29 is 8.42 Å². The molecule has 1 heterocycles. The molecule has 1 atom stereocenters. The minimum absolute atomic E-state index is 0.0455. The third-order valence-corrected chi connectivity index (χ3v) is 6.50. The quantitative estimate of drug-likeness (QED) is 0.847. The van der Waals surface area contributed by atoms with Gasteiger partial charge < -0.3 is 0 Å². The maximum Gasteiger partial charge on any atom is 0.241 e. The van der Waals surface area contributed by atoms with Crippen LogP contribution in [0, 0.1) is 0 Å². The Morgan fingerprint density at radius 3 is 2.52 bits per heavy atom. The molecule has 23 heavy (non-hydrogen) atoms. The van der Waals surface area contributed by atoms with Gasteiger partial charge in [-0.3, -0.25) is 4.90 Å². The van der Waals surface area contributed by atoms with Gasteiger partial charge in [-0.1, -0.05) is 42.5 Å². The van der Waals surface area contributed by atoms with Crippen LogP contribution < -0.4 is 4.72 Å². The van der Waals surface area contributed by atoms with Crippen LogP contribution in [-0.4, -0.2) is 32.4 Å². The van der Waals surface area contributed by atoms with Crippen LogP contribution in [0.5, 0.6) is 0 Å². The maximum absolute atomic E-state index is 12.5. The molecule has 122 valence electrons. The van der Waals surface area contributed by atoms with E-state index in [1.807, 2.05) is 18.2 Å². The summed E-state index contributed by atoms with van der Waals surface area (Å²) in [6.45, 7) is 2.49. The highest BCUT2D eigenvalue weighted by atomic mass is 79.9. The van der Waals surface area contributed by atoms with Gasteiger partial charge in [0, 0.05) is 30.1 Å². The van der Waals surface area contributed by atoms with Gasteiger partial charge in [0.25, 0.3) is 0 Å². The number of hydrogen-bond donors (Lipinski definition) is 1. The molecule has 0 amide bonds. The number of benzene rings is 2. The topological polar surface area (TPSA) is 49.4 Å². The summed E-state index contributed by atoms with van der Waals surface area (Å²) in [5.41, 5.74) is 1.25. The zero-order valence-corrected chi connectivity index (χ0v) is 15.1. The first kappa shape index (κ1) is 16.6.